The van der Waals surface area contributed by atoms with E-state index >= 15 is 0 Å². The van der Waals surface area contributed by atoms with E-state index in [-0.39, 0.29) is 18.3 Å². The maximum atomic E-state index is 14.4. The zero-order valence-electron chi connectivity index (χ0n) is 17.0. The zero-order valence-corrected chi connectivity index (χ0v) is 17.0. The van der Waals surface area contributed by atoms with Gasteiger partial charge in [-0.15, -0.1) is 0 Å². The van der Waals surface area contributed by atoms with Gasteiger partial charge in [-0.25, -0.2) is 4.39 Å². The molecule has 0 saturated heterocycles. The van der Waals surface area contributed by atoms with Crippen molar-refractivity contribution in [3.05, 3.63) is 65.5 Å². The molecular formula is C22H31FN4O. The molecule has 0 amide bonds. The molecule has 0 radical (unpaired) electrons. The van der Waals surface area contributed by atoms with Gasteiger partial charge >= 0.3 is 0 Å². The van der Waals surface area contributed by atoms with Crippen molar-refractivity contribution in [2.45, 2.75) is 26.3 Å². The highest BCUT2D eigenvalue weighted by molar-refractivity contribution is 5.79. The molecule has 0 aliphatic carbocycles. The maximum absolute atomic E-state index is 14.4. The Morgan fingerprint density at radius 3 is 2.39 bits per heavy atom. The van der Waals surface area contributed by atoms with Gasteiger partial charge in [-0.05, 0) is 37.1 Å². The molecule has 0 heterocycles. The lowest BCUT2D eigenvalue weighted by molar-refractivity contribution is 0.265. The summed E-state index contributed by atoms with van der Waals surface area (Å²) in [6.45, 7) is 6.64. The van der Waals surface area contributed by atoms with Gasteiger partial charge in [0.25, 0.3) is 0 Å². The monoisotopic (exact) mass is 386 g/mol. The highest BCUT2D eigenvalue weighted by atomic mass is 19.1. The Labute approximate surface area is 167 Å². The van der Waals surface area contributed by atoms with Crippen molar-refractivity contribution in [3.63, 3.8) is 0 Å². The molecule has 0 bridgehead atoms. The van der Waals surface area contributed by atoms with E-state index in [0.29, 0.717) is 24.7 Å². The molecule has 6 heteroatoms. The lowest BCUT2D eigenvalue weighted by atomic mass is 10.0. The first-order valence-corrected chi connectivity index (χ1v) is 9.76. The van der Waals surface area contributed by atoms with Gasteiger partial charge in [-0.2, -0.15) is 0 Å². The number of nitrogens with zero attached hydrogens (tertiary/aromatic N) is 2. The third kappa shape index (κ3) is 5.96. The number of benzene rings is 2. The van der Waals surface area contributed by atoms with Crippen molar-refractivity contribution in [1.29, 1.82) is 0 Å². The molecule has 0 aliphatic heterocycles. The Kier molecular flexibility index (Phi) is 8.75. The first-order valence-electron chi connectivity index (χ1n) is 9.76. The van der Waals surface area contributed by atoms with Crippen LogP contribution in [-0.2, 0) is 6.54 Å². The lowest BCUT2D eigenvalue weighted by Crippen LogP contribution is -2.39. The molecule has 0 aliphatic rings. The van der Waals surface area contributed by atoms with Gasteiger partial charge in [0.05, 0.1) is 12.3 Å². The number of guanidine groups is 1. The van der Waals surface area contributed by atoms with Crippen LogP contribution in [0.3, 0.4) is 0 Å². The molecule has 1 atom stereocenters. The molecule has 2 aromatic carbocycles. The fourth-order valence-corrected chi connectivity index (χ4v) is 3.12. The van der Waals surface area contributed by atoms with Crippen molar-refractivity contribution >= 4 is 11.6 Å². The third-order valence-electron chi connectivity index (χ3n) is 4.81. The van der Waals surface area contributed by atoms with Crippen LogP contribution in [0, 0.1) is 5.82 Å². The zero-order chi connectivity index (χ0) is 20.4. The third-order valence-corrected chi connectivity index (χ3v) is 4.81. The van der Waals surface area contributed by atoms with Crippen LogP contribution >= 0.6 is 0 Å². The second-order valence-electron chi connectivity index (χ2n) is 6.55. The number of hydrogen-bond acceptors (Lipinski definition) is 3. The van der Waals surface area contributed by atoms with Crippen LogP contribution in [-0.4, -0.2) is 44.4 Å². The van der Waals surface area contributed by atoms with Crippen LogP contribution in [0.25, 0.3) is 0 Å². The largest absolute Gasteiger partial charge is 0.396 e. The second kappa shape index (κ2) is 11.3. The molecule has 0 fully saturated rings. The van der Waals surface area contributed by atoms with Crippen LogP contribution in [0.4, 0.5) is 10.1 Å². The van der Waals surface area contributed by atoms with Crippen molar-refractivity contribution < 1.29 is 9.50 Å². The van der Waals surface area contributed by atoms with Gasteiger partial charge < -0.3 is 20.6 Å². The number of nitrogens with one attached hydrogen (secondary N) is 2. The van der Waals surface area contributed by atoms with Crippen molar-refractivity contribution in [2.75, 3.05) is 38.2 Å². The molecule has 28 heavy (non-hydrogen) atoms. The standard InChI is InChI=1S/C22H31FN4O/c1-4-27(5-2)21-12-11-17(13-20(21)23)14-25-22(24-3)26-15-19(16-28)18-9-7-6-8-10-18/h6-13,19,28H,4-5,14-16H2,1-3H3,(H2,24,25,26). The van der Waals surface area contributed by atoms with Gasteiger partial charge in [-0.1, -0.05) is 36.4 Å². The number of aliphatic hydroxyl groups is 1. The van der Waals surface area contributed by atoms with Crippen LogP contribution in [0.1, 0.15) is 30.9 Å². The minimum absolute atomic E-state index is 0.0226. The van der Waals surface area contributed by atoms with Crippen molar-refractivity contribution in [1.82, 2.24) is 10.6 Å². The highest BCUT2D eigenvalue weighted by Crippen LogP contribution is 2.20. The van der Waals surface area contributed by atoms with Crippen LogP contribution < -0.4 is 15.5 Å². The Morgan fingerprint density at radius 1 is 1.11 bits per heavy atom. The smallest absolute Gasteiger partial charge is 0.191 e. The summed E-state index contributed by atoms with van der Waals surface area (Å²) in [5.74, 6) is 0.378. The number of hydrogen-bond donors (Lipinski definition) is 3. The minimum atomic E-state index is -0.213. The molecular weight excluding hydrogens is 355 g/mol. The van der Waals surface area contributed by atoms with Crippen molar-refractivity contribution in [2.24, 2.45) is 4.99 Å². The summed E-state index contributed by atoms with van der Waals surface area (Å²) in [5, 5.41) is 16.1. The summed E-state index contributed by atoms with van der Waals surface area (Å²) in [6.07, 6.45) is 0. The normalized spacial score (nSPS) is 12.5. The Hall–Kier alpha value is -2.60. The molecule has 0 spiro atoms. The van der Waals surface area contributed by atoms with Crippen LogP contribution in [0.5, 0.6) is 0 Å². The second-order valence-corrected chi connectivity index (χ2v) is 6.55. The van der Waals surface area contributed by atoms with Gasteiger partial charge in [0.2, 0.25) is 0 Å². The first kappa shape index (κ1) is 21.7. The maximum Gasteiger partial charge on any atom is 0.191 e. The molecule has 0 aromatic heterocycles. The van der Waals surface area contributed by atoms with E-state index < -0.39 is 0 Å². The SMILES string of the molecule is CCN(CC)c1ccc(CNC(=NC)NCC(CO)c2ccccc2)cc1F. The molecule has 0 saturated carbocycles. The summed E-state index contributed by atoms with van der Waals surface area (Å²) in [6, 6.07) is 15.2. The van der Waals surface area contributed by atoms with E-state index in [0.717, 1.165) is 24.2 Å². The Bertz CT molecular complexity index is 747. The molecule has 2 aromatic rings. The molecule has 3 N–H and O–H groups in total. The predicted molar refractivity (Wildman–Crippen MR) is 114 cm³/mol. The van der Waals surface area contributed by atoms with Crippen LogP contribution in [0.15, 0.2) is 53.5 Å². The molecule has 2 rings (SSSR count). The highest BCUT2D eigenvalue weighted by Gasteiger charge is 2.12. The van der Waals surface area contributed by atoms with Crippen molar-refractivity contribution in [3.8, 4) is 0 Å². The van der Waals surface area contributed by atoms with Gasteiger partial charge in [0.1, 0.15) is 5.82 Å². The van der Waals surface area contributed by atoms with E-state index in [1.165, 1.54) is 0 Å². The van der Waals surface area contributed by atoms with Gasteiger partial charge in [0.15, 0.2) is 5.96 Å². The molecule has 1 unspecified atom stereocenters. The van der Waals surface area contributed by atoms with Gasteiger partial charge in [-0.3, -0.25) is 4.99 Å². The number of aliphatic imine (C=N–C) groups is 1. The number of rotatable bonds is 9. The number of halogens is 1. The summed E-state index contributed by atoms with van der Waals surface area (Å²) in [7, 11) is 1.69. The summed E-state index contributed by atoms with van der Waals surface area (Å²) in [4.78, 5) is 6.20. The summed E-state index contributed by atoms with van der Waals surface area (Å²) >= 11 is 0. The Balaban J connectivity index is 1.92. The predicted octanol–water partition coefficient (Wildman–Crippen LogP) is 3.11. The van der Waals surface area contributed by atoms with E-state index in [4.69, 9.17) is 0 Å². The summed E-state index contributed by atoms with van der Waals surface area (Å²) < 4.78 is 14.4. The van der Waals surface area contributed by atoms with E-state index in [1.807, 2.05) is 61.2 Å². The molecule has 152 valence electrons. The fraction of sp³-hybridized carbons (Fsp3) is 0.409. The Morgan fingerprint density at radius 2 is 1.82 bits per heavy atom. The average molecular weight is 387 g/mol. The lowest BCUT2D eigenvalue weighted by Gasteiger charge is -2.22. The number of aliphatic hydroxyl groups excluding tert-OH is 1. The van der Waals surface area contributed by atoms with E-state index in [1.54, 1.807) is 13.1 Å². The fourth-order valence-electron chi connectivity index (χ4n) is 3.12. The van der Waals surface area contributed by atoms with E-state index in [9.17, 15) is 9.50 Å². The molecule has 5 nitrogen and oxygen atoms in total. The van der Waals surface area contributed by atoms with E-state index in [2.05, 4.69) is 15.6 Å². The number of anilines is 1. The first-order chi connectivity index (χ1) is 13.6. The average Bonchev–Trinajstić information content (AvgIpc) is 2.73. The van der Waals surface area contributed by atoms with Crippen LogP contribution in [0.2, 0.25) is 0 Å². The van der Waals surface area contributed by atoms with Gasteiger partial charge in [0, 0.05) is 39.1 Å². The topological polar surface area (TPSA) is 59.9 Å². The quantitative estimate of drug-likeness (QED) is 0.458. The minimum Gasteiger partial charge on any atom is -0.396 e. The summed E-state index contributed by atoms with van der Waals surface area (Å²) in [5.41, 5.74) is 2.55.